The lowest BCUT2D eigenvalue weighted by Crippen LogP contribution is -2.35. The summed E-state index contributed by atoms with van der Waals surface area (Å²) in [6.07, 6.45) is -2.57. The monoisotopic (exact) mass is 287 g/mol. The first-order valence-electron chi connectivity index (χ1n) is 6.23. The van der Waals surface area contributed by atoms with Crippen LogP contribution in [0.4, 0.5) is 13.2 Å². The zero-order valence-corrected chi connectivity index (χ0v) is 11.0. The lowest BCUT2D eigenvalue weighted by Gasteiger charge is -2.17. The Morgan fingerprint density at radius 3 is 2.65 bits per heavy atom. The second-order valence-corrected chi connectivity index (χ2v) is 4.67. The maximum atomic E-state index is 12.3. The first-order valence-corrected chi connectivity index (χ1v) is 6.23. The van der Waals surface area contributed by atoms with Gasteiger partial charge in [-0.3, -0.25) is 0 Å². The Morgan fingerprint density at radius 2 is 2.05 bits per heavy atom. The average molecular weight is 287 g/mol. The molecule has 1 aromatic carbocycles. The van der Waals surface area contributed by atoms with Crippen molar-refractivity contribution in [2.24, 2.45) is 10.7 Å². The summed E-state index contributed by atoms with van der Waals surface area (Å²) in [6.45, 7) is 0.0507. The van der Waals surface area contributed by atoms with Crippen molar-refractivity contribution >= 4 is 5.96 Å². The van der Waals surface area contributed by atoms with E-state index in [2.05, 4.69) is 9.73 Å². The highest BCUT2D eigenvalue weighted by Crippen LogP contribution is 2.27. The van der Waals surface area contributed by atoms with Crippen LogP contribution in [0.3, 0.4) is 0 Å². The highest BCUT2D eigenvalue weighted by Gasteiger charge is 2.32. The number of para-hydroxylation sites is 1. The predicted octanol–water partition coefficient (Wildman–Crippen LogP) is 2.49. The summed E-state index contributed by atoms with van der Waals surface area (Å²) >= 11 is 0. The molecule has 0 amide bonds. The Morgan fingerprint density at radius 1 is 1.40 bits per heavy atom. The minimum Gasteiger partial charge on any atom is -0.405 e. The molecule has 7 heteroatoms. The average Bonchev–Trinajstić information content (AvgIpc) is 3.19. The van der Waals surface area contributed by atoms with Crippen molar-refractivity contribution in [3.63, 3.8) is 0 Å². The number of hydrogen-bond acceptors (Lipinski definition) is 2. The van der Waals surface area contributed by atoms with Gasteiger partial charge in [0.05, 0.1) is 6.54 Å². The van der Waals surface area contributed by atoms with Crippen molar-refractivity contribution in [2.45, 2.75) is 31.8 Å². The first-order chi connectivity index (χ1) is 9.37. The molecule has 110 valence electrons. The molecule has 4 nitrogen and oxygen atoms in total. The number of rotatable bonds is 4. The van der Waals surface area contributed by atoms with Gasteiger partial charge in [-0.25, -0.2) is 4.99 Å². The van der Waals surface area contributed by atoms with Gasteiger partial charge in [0.1, 0.15) is 5.75 Å². The van der Waals surface area contributed by atoms with Crippen molar-refractivity contribution in [2.75, 3.05) is 7.05 Å². The minimum atomic E-state index is -4.71. The summed E-state index contributed by atoms with van der Waals surface area (Å²) in [5.41, 5.74) is 6.14. The maximum absolute atomic E-state index is 12.3. The molecule has 2 N–H and O–H groups in total. The van der Waals surface area contributed by atoms with Crippen LogP contribution in [0.25, 0.3) is 0 Å². The van der Waals surface area contributed by atoms with E-state index in [0.29, 0.717) is 17.6 Å². The van der Waals surface area contributed by atoms with Crippen LogP contribution in [0, 0.1) is 0 Å². The van der Waals surface area contributed by atoms with E-state index >= 15 is 0 Å². The van der Waals surface area contributed by atoms with E-state index in [-0.39, 0.29) is 12.3 Å². The number of nitrogens with zero attached hydrogens (tertiary/aromatic N) is 2. The summed E-state index contributed by atoms with van der Waals surface area (Å²) < 4.78 is 40.8. The smallest absolute Gasteiger partial charge is 0.405 e. The van der Waals surface area contributed by atoms with Gasteiger partial charge < -0.3 is 15.4 Å². The summed E-state index contributed by atoms with van der Waals surface area (Å²) in [5, 5.41) is 0. The van der Waals surface area contributed by atoms with E-state index in [4.69, 9.17) is 5.73 Å². The van der Waals surface area contributed by atoms with Crippen LogP contribution >= 0.6 is 0 Å². The van der Waals surface area contributed by atoms with Crippen molar-refractivity contribution in [3.05, 3.63) is 29.8 Å². The Hall–Kier alpha value is -1.92. The molecular formula is C13H16F3N3O. The van der Waals surface area contributed by atoms with E-state index in [1.807, 2.05) is 11.9 Å². The number of guanidine groups is 1. The normalized spacial score (nSPS) is 16.1. The number of benzene rings is 1. The molecule has 0 aliphatic heterocycles. The molecule has 0 radical (unpaired) electrons. The number of alkyl halides is 3. The molecule has 2 rings (SSSR count). The fourth-order valence-electron chi connectivity index (χ4n) is 1.79. The predicted molar refractivity (Wildman–Crippen MR) is 69.2 cm³/mol. The number of nitrogens with two attached hydrogens (primary N) is 1. The lowest BCUT2D eigenvalue weighted by atomic mass is 10.2. The molecule has 0 heterocycles. The quantitative estimate of drug-likeness (QED) is 0.684. The van der Waals surface area contributed by atoms with Gasteiger partial charge in [-0.05, 0) is 18.9 Å². The molecule has 1 aromatic rings. The Bertz CT molecular complexity index is 498. The van der Waals surface area contributed by atoms with E-state index in [1.54, 1.807) is 6.07 Å². The van der Waals surface area contributed by atoms with Crippen molar-refractivity contribution < 1.29 is 17.9 Å². The molecule has 1 saturated carbocycles. The van der Waals surface area contributed by atoms with Crippen molar-refractivity contribution in [1.29, 1.82) is 0 Å². The fourth-order valence-corrected chi connectivity index (χ4v) is 1.79. The Balaban J connectivity index is 2.07. The van der Waals surface area contributed by atoms with E-state index in [0.717, 1.165) is 12.8 Å². The molecule has 0 atom stereocenters. The number of halogens is 3. The summed E-state index contributed by atoms with van der Waals surface area (Å²) in [4.78, 5) is 5.96. The highest BCUT2D eigenvalue weighted by atomic mass is 19.4. The molecule has 20 heavy (non-hydrogen) atoms. The largest absolute Gasteiger partial charge is 0.573 e. The molecule has 0 spiro atoms. The second kappa shape index (κ2) is 5.60. The van der Waals surface area contributed by atoms with Gasteiger partial charge in [-0.1, -0.05) is 18.2 Å². The number of ether oxygens (including phenoxy) is 1. The minimum absolute atomic E-state index is 0.0507. The summed E-state index contributed by atoms with van der Waals surface area (Å²) in [7, 11) is 1.83. The van der Waals surface area contributed by atoms with Crippen LogP contribution in [0.2, 0.25) is 0 Å². The number of aliphatic imine (C=N–C) groups is 1. The lowest BCUT2D eigenvalue weighted by molar-refractivity contribution is -0.274. The molecular weight excluding hydrogens is 271 g/mol. The molecule has 0 saturated heterocycles. The molecule has 0 bridgehead atoms. The van der Waals surface area contributed by atoms with Crippen LogP contribution < -0.4 is 10.5 Å². The van der Waals surface area contributed by atoms with Gasteiger partial charge >= 0.3 is 6.36 Å². The zero-order valence-electron chi connectivity index (χ0n) is 11.0. The third-order valence-electron chi connectivity index (χ3n) is 3.07. The second-order valence-electron chi connectivity index (χ2n) is 4.67. The maximum Gasteiger partial charge on any atom is 0.573 e. The molecule has 1 aliphatic rings. The highest BCUT2D eigenvalue weighted by molar-refractivity contribution is 5.78. The van der Waals surface area contributed by atoms with Crippen molar-refractivity contribution in [1.82, 2.24) is 4.90 Å². The van der Waals surface area contributed by atoms with Gasteiger partial charge in [0, 0.05) is 18.7 Å². The summed E-state index contributed by atoms with van der Waals surface area (Å²) in [5.74, 6) is 0.0833. The van der Waals surface area contributed by atoms with Crippen LogP contribution in [-0.2, 0) is 6.54 Å². The first kappa shape index (κ1) is 14.5. The van der Waals surface area contributed by atoms with E-state index in [9.17, 15) is 13.2 Å². The Labute approximate surface area is 115 Å². The van der Waals surface area contributed by atoms with Gasteiger partial charge in [-0.15, -0.1) is 13.2 Å². The van der Waals surface area contributed by atoms with E-state index < -0.39 is 6.36 Å². The number of hydrogen-bond donors (Lipinski definition) is 1. The topological polar surface area (TPSA) is 50.8 Å². The van der Waals surface area contributed by atoms with Crippen LogP contribution in [0.15, 0.2) is 29.3 Å². The van der Waals surface area contributed by atoms with Crippen LogP contribution in [-0.4, -0.2) is 30.3 Å². The standard InChI is InChI=1S/C13H16F3N3O/c1-19(10-6-7-10)12(17)18-8-9-4-2-3-5-11(9)20-13(14,15)16/h2-5,10H,6-8H2,1H3,(H2,17,18). The molecule has 0 unspecified atom stereocenters. The zero-order chi connectivity index (χ0) is 14.8. The SMILES string of the molecule is CN(C(N)=NCc1ccccc1OC(F)(F)F)C1CC1. The molecule has 1 fully saturated rings. The van der Waals surface area contributed by atoms with Gasteiger partial charge in [0.2, 0.25) is 0 Å². The van der Waals surface area contributed by atoms with Gasteiger partial charge in [0.15, 0.2) is 5.96 Å². The van der Waals surface area contributed by atoms with E-state index in [1.165, 1.54) is 18.2 Å². The van der Waals surface area contributed by atoms with Crippen molar-refractivity contribution in [3.8, 4) is 5.75 Å². The summed E-state index contributed by atoms with van der Waals surface area (Å²) in [6, 6.07) is 6.32. The van der Waals surface area contributed by atoms with Gasteiger partial charge in [0.25, 0.3) is 0 Å². The Kier molecular flexibility index (Phi) is 4.06. The third kappa shape index (κ3) is 4.04. The fraction of sp³-hybridized carbons (Fsp3) is 0.462. The third-order valence-corrected chi connectivity index (χ3v) is 3.07. The van der Waals surface area contributed by atoms with Crippen LogP contribution in [0.1, 0.15) is 18.4 Å². The van der Waals surface area contributed by atoms with Crippen LogP contribution in [0.5, 0.6) is 5.75 Å². The molecule has 1 aliphatic carbocycles. The van der Waals surface area contributed by atoms with Gasteiger partial charge in [-0.2, -0.15) is 0 Å². The molecule has 0 aromatic heterocycles.